The average Bonchev–Trinajstić information content (AvgIpc) is 3.65. The minimum absolute atomic E-state index is 0.0539. The molecule has 2 saturated heterocycles. The molecule has 6 rings (SSSR count). The third-order valence-corrected chi connectivity index (χ3v) is 8.37. The molecule has 2 amide bonds. The van der Waals surface area contributed by atoms with E-state index in [1.807, 2.05) is 35.4 Å². The second-order valence-corrected chi connectivity index (χ2v) is 12.2. The fourth-order valence-electron chi connectivity index (χ4n) is 5.40. The van der Waals surface area contributed by atoms with Crippen molar-refractivity contribution in [3.8, 4) is 5.75 Å². The largest absolute Gasteiger partial charge is 0.483 e. The number of carbonyl (C=O) groups is 4. The zero-order valence-corrected chi connectivity index (χ0v) is 27.8. The number of Topliss-reactive ketones (excluding diaryl/α,β-unsaturated/α-hetero) is 2. The topological polar surface area (TPSA) is 156 Å². The molecule has 2 fully saturated rings. The van der Waals surface area contributed by atoms with Crippen molar-refractivity contribution in [2.24, 2.45) is 5.92 Å². The van der Waals surface area contributed by atoms with Crippen LogP contribution in [0.15, 0.2) is 42.9 Å². The van der Waals surface area contributed by atoms with Gasteiger partial charge in [0.1, 0.15) is 10.8 Å². The molecule has 3 aromatic rings. The molecule has 0 radical (unpaired) electrons. The molecule has 0 aliphatic carbocycles. The highest BCUT2D eigenvalue weighted by atomic mass is 35.5. The van der Waals surface area contributed by atoms with Gasteiger partial charge in [0, 0.05) is 44.7 Å². The summed E-state index contributed by atoms with van der Waals surface area (Å²) in [6.07, 6.45) is -4.29. The molecule has 0 spiro atoms. The lowest BCUT2D eigenvalue weighted by molar-refractivity contribution is -0.193. The monoisotopic (exact) mass is 757 g/mol. The van der Waals surface area contributed by atoms with Crippen molar-refractivity contribution in [2.45, 2.75) is 31.6 Å². The van der Waals surface area contributed by atoms with Gasteiger partial charge in [0.05, 0.1) is 30.6 Å². The third kappa shape index (κ3) is 9.84. The van der Waals surface area contributed by atoms with Crippen molar-refractivity contribution in [1.82, 2.24) is 24.8 Å². The Morgan fingerprint density at radius 3 is 2.23 bits per heavy atom. The molecule has 2 N–H and O–H groups in total. The van der Waals surface area contributed by atoms with Crippen LogP contribution in [-0.4, -0.2) is 106 Å². The lowest BCUT2D eigenvalue weighted by Gasteiger charge is -2.35. The Hall–Kier alpha value is -5.04. The summed E-state index contributed by atoms with van der Waals surface area (Å²) in [6, 6.07) is 7.71. The summed E-state index contributed by atoms with van der Waals surface area (Å²) in [5, 5.41) is 6.83. The first-order chi connectivity index (χ1) is 24.6. The number of aromatic nitrogens is 3. The van der Waals surface area contributed by atoms with Gasteiger partial charge in [0.2, 0.25) is 11.9 Å². The number of ether oxygens (including phenoxy) is 2. The van der Waals surface area contributed by atoms with Crippen LogP contribution in [0.25, 0.3) is 0 Å². The van der Waals surface area contributed by atoms with Crippen molar-refractivity contribution in [2.75, 3.05) is 56.6 Å². The number of anilines is 4. The molecule has 278 valence electrons. The second kappa shape index (κ2) is 16.1. The number of benzene rings is 1. The molecule has 13 nitrogen and oxygen atoms in total. The Bertz CT molecular complexity index is 1790. The molecule has 1 aromatic carbocycles. The van der Waals surface area contributed by atoms with Gasteiger partial charge in [-0.3, -0.25) is 24.2 Å². The number of halogens is 7. The molecular formula is C32H30ClF6N7O6. The van der Waals surface area contributed by atoms with E-state index in [0.29, 0.717) is 68.4 Å². The lowest BCUT2D eigenvalue weighted by atomic mass is 10.0. The lowest BCUT2D eigenvalue weighted by Crippen LogP contribution is -2.52. The van der Waals surface area contributed by atoms with Gasteiger partial charge in [0.25, 0.3) is 5.91 Å². The van der Waals surface area contributed by atoms with E-state index in [1.165, 1.54) is 0 Å². The molecule has 52 heavy (non-hydrogen) atoms. The van der Waals surface area contributed by atoms with Crippen LogP contribution in [0.1, 0.15) is 17.5 Å². The molecule has 20 heteroatoms. The van der Waals surface area contributed by atoms with Crippen LogP contribution in [0.2, 0.25) is 5.02 Å². The van der Waals surface area contributed by atoms with Gasteiger partial charge in [-0.2, -0.15) is 31.3 Å². The van der Waals surface area contributed by atoms with Crippen LogP contribution in [0.4, 0.5) is 49.5 Å². The van der Waals surface area contributed by atoms with Crippen LogP contribution < -0.4 is 15.4 Å². The molecule has 6 bridgehead atoms. The van der Waals surface area contributed by atoms with E-state index in [1.54, 1.807) is 17.3 Å². The van der Waals surface area contributed by atoms with E-state index in [0.717, 1.165) is 35.3 Å². The molecular weight excluding hydrogens is 728 g/mol. The Morgan fingerprint density at radius 1 is 0.885 bits per heavy atom. The van der Waals surface area contributed by atoms with Crippen LogP contribution in [0, 0.1) is 5.92 Å². The number of hydrogen-bond donors (Lipinski definition) is 2. The van der Waals surface area contributed by atoms with Crippen LogP contribution >= 0.6 is 11.6 Å². The molecule has 1 atom stereocenters. The highest BCUT2D eigenvalue weighted by Gasteiger charge is 2.54. The number of amides is 2. The first-order valence-corrected chi connectivity index (χ1v) is 16.1. The standard InChI is InChI=1S/C28H30ClN7O4.C4F6O2/c29-23-15-31-28-33-22-11-18(13-30-14-22)1-2-19-12-21(32-26(23)34-28)3-4-24(19)40-17-25(37)35-6-8-36(9-7-35)27(38)20-5-10-39-16-20;5-3(6,7)1(11)2(12)4(8,9)10/h3-4,11-15,20H,1-2,5-10,16-17H2,(H2,31,32,33,34);. The number of piperazine rings is 1. The second-order valence-electron chi connectivity index (χ2n) is 11.8. The minimum Gasteiger partial charge on any atom is -0.483 e. The summed E-state index contributed by atoms with van der Waals surface area (Å²) >= 11 is 6.36. The predicted octanol–water partition coefficient (Wildman–Crippen LogP) is 4.45. The highest BCUT2D eigenvalue weighted by molar-refractivity contribution is 6.41. The summed E-state index contributed by atoms with van der Waals surface area (Å²) < 4.78 is 78.4. The maximum absolute atomic E-state index is 13.0. The number of hydrogen-bond acceptors (Lipinski definition) is 11. The third-order valence-electron chi connectivity index (χ3n) is 8.10. The molecule has 1 unspecified atom stereocenters. The Labute approximate surface area is 296 Å². The first kappa shape index (κ1) is 38.2. The van der Waals surface area contributed by atoms with E-state index < -0.39 is 23.9 Å². The fourth-order valence-corrected chi connectivity index (χ4v) is 5.54. The van der Waals surface area contributed by atoms with Gasteiger partial charge in [-0.25, -0.2) is 4.98 Å². The van der Waals surface area contributed by atoms with E-state index in [9.17, 15) is 45.5 Å². The average molecular weight is 758 g/mol. The molecule has 0 saturated carbocycles. The van der Waals surface area contributed by atoms with Crippen LogP contribution in [-0.2, 0) is 36.8 Å². The zero-order chi connectivity index (χ0) is 37.6. The highest BCUT2D eigenvalue weighted by Crippen LogP contribution is 2.30. The maximum atomic E-state index is 13.0. The number of ketones is 2. The zero-order valence-electron chi connectivity index (χ0n) is 27.0. The molecule has 2 aromatic heterocycles. The summed E-state index contributed by atoms with van der Waals surface area (Å²) in [7, 11) is 0. The number of aryl methyl sites for hydroxylation is 2. The smallest absolute Gasteiger partial charge is 0.458 e. The number of fused-ring (bicyclic) bond motifs is 6. The van der Waals surface area contributed by atoms with Crippen molar-refractivity contribution >= 4 is 58.1 Å². The van der Waals surface area contributed by atoms with Gasteiger partial charge >= 0.3 is 23.9 Å². The Balaban J connectivity index is 0.000000376. The van der Waals surface area contributed by atoms with E-state index >= 15 is 0 Å². The van der Waals surface area contributed by atoms with Gasteiger partial charge in [-0.05, 0) is 54.7 Å². The number of pyridine rings is 1. The Morgan fingerprint density at radius 2 is 1.58 bits per heavy atom. The quantitative estimate of drug-likeness (QED) is 0.280. The van der Waals surface area contributed by atoms with Gasteiger partial charge < -0.3 is 29.9 Å². The van der Waals surface area contributed by atoms with Crippen molar-refractivity contribution in [1.29, 1.82) is 0 Å². The summed E-state index contributed by atoms with van der Waals surface area (Å²) in [5.41, 5.74) is 3.54. The Kier molecular flexibility index (Phi) is 11.8. The van der Waals surface area contributed by atoms with Crippen molar-refractivity contribution in [3.05, 3.63) is 59.0 Å². The number of nitrogens with zero attached hydrogens (tertiary/aromatic N) is 5. The van der Waals surface area contributed by atoms with Crippen molar-refractivity contribution < 1.29 is 55.0 Å². The number of rotatable bonds is 5. The predicted molar refractivity (Wildman–Crippen MR) is 171 cm³/mol. The summed E-state index contributed by atoms with van der Waals surface area (Å²) in [5.74, 6) is -5.33. The SMILES string of the molecule is O=C(C(=O)C(F)(F)F)C(F)(F)F.O=C(COc1ccc2cc1CCc1cncc(c1)Nc1ncc(Cl)c(n1)N2)N1CCN(C(=O)C2CCOC2)CC1. The van der Waals surface area contributed by atoms with E-state index in [4.69, 9.17) is 21.1 Å². The van der Waals surface area contributed by atoms with Crippen LogP contribution in [0.5, 0.6) is 5.75 Å². The maximum Gasteiger partial charge on any atom is 0.458 e. The summed E-state index contributed by atoms with van der Waals surface area (Å²) in [4.78, 5) is 61.6. The van der Waals surface area contributed by atoms with Gasteiger partial charge in [-0.1, -0.05) is 11.6 Å². The molecule has 5 heterocycles. The number of nitrogens with one attached hydrogen (secondary N) is 2. The van der Waals surface area contributed by atoms with Gasteiger partial charge in [-0.15, -0.1) is 0 Å². The normalized spacial score (nSPS) is 17.2. The minimum atomic E-state index is -5.77. The summed E-state index contributed by atoms with van der Waals surface area (Å²) in [6.45, 7) is 3.11. The fraction of sp³-hybridized carbons (Fsp3) is 0.406. The molecule has 3 aliphatic heterocycles. The van der Waals surface area contributed by atoms with Crippen molar-refractivity contribution in [3.63, 3.8) is 0 Å². The number of carbonyl (C=O) groups excluding carboxylic acids is 4. The number of alkyl halides is 6. The molecule has 3 aliphatic rings. The van der Waals surface area contributed by atoms with E-state index in [2.05, 4.69) is 25.6 Å². The first-order valence-electron chi connectivity index (χ1n) is 15.7. The van der Waals surface area contributed by atoms with E-state index in [-0.39, 0.29) is 24.3 Å². The van der Waals surface area contributed by atoms with Crippen LogP contribution in [0.3, 0.4) is 0 Å². The van der Waals surface area contributed by atoms with Gasteiger partial charge in [0.15, 0.2) is 12.4 Å².